The summed E-state index contributed by atoms with van der Waals surface area (Å²) in [5, 5.41) is 0.579. The Bertz CT molecular complexity index is 164. The van der Waals surface area contributed by atoms with Gasteiger partial charge in [0, 0.05) is 11.1 Å². The lowest BCUT2D eigenvalue weighted by atomic mass is 10.2. The molecule has 0 heterocycles. The van der Waals surface area contributed by atoms with Gasteiger partial charge < -0.3 is 4.74 Å². The fourth-order valence-electron chi connectivity index (χ4n) is 0.803. The van der Waals surface area contributed by atoms with Crippen LogP contribution in [0.4, 0.5) is 0 Å². The highest BCUT2D eigenvalue weighted by molar-refractivity contribution is 6.30. The second-order valence-corrected chi connectivity index (χ2v) is 3.06. The molecule has 0 aromatic heterocycles. The van der Waals surface area contributed by atoms with Gasteiger partial charge in [0.1, 0.15) is 0 Å². The van der Waals surface area contributed by atoms with Gasteiger partial charge >= 0.3 is 5.97 Å². The molecular formula is C9H15ClO2. The summed E-state index contributed by atoms with van der Waals surface area (Å²) in [6, 6.07) is 0. The van der Waals surface area contributed by atoms with Crippen LogP contribution in [0.3, 0.4) is 0 Å². The molecule has 0 aliphatic carbocycles. The van der Waals surface area contributed by atoms with Gasteiger partial charge in [-0.1, -0.05) is 31.4 Å². The number of unbranched alkanes of at least 4 members (excludes halogenated alkanes) is 2. The van der Waals surface area contributed by atoms with Crippen molar-refractivity contribution in [3.8, 4) is 0 Å². The molecule has 0 aliphatic rings. The third-order valence-electron chi connectivity index (χ3n) is 1.49. The van der Waals surface area contributed by atoms with Gasteiger partial charge in [0.05, 0.1) is 7.11 Å². The summed E-state index contributed by atoms with van der Waals surface area (Å²) < 4.78 is 4.43. The van der Waals surface area contributed by atoms with Gasteiger partial charge in [-0.3, -0.25) is 0 Å². The van der Waals surface area contributed by atoms with Gasteiger partial charge in [0.25, 0.3) is 0 Å². The van der Waals surface area contributed by atoms with Crippen molar-refractivity contribution in [1.29, 1.82) is 0 Å². The molecule has 0 aromatic carbocycles. The van der Waals surface area contributed by atoms with E-state index in [9.17, 15) is 4.79 Å². The van der Waals surface area contributed by atoms with Crippen LogP contribution in [0.5, 0.6) is 0 Å². The Morgan fingerprint density at radius 1 is 1.50 bits per heavy atom. The molecule has 0 radical (unpaired) electrons. The lowest BCUT2D eigenvalue weighted by Gasteiger charge is -1.97. The third kappa shape index (κ3) is 6.23. The van der Waals surface area contributed by atoms with E-state index in [0.717, 1.165) is 25.7 Å². The van der Waals surface area contributed by atoms with Crippen LogP contribution in [0.15, 0.2) is 11.1 Å². The first-order valence-electron chi connectivity index (χ1n) is 4.14. The smallest absolute Gasteiger partial charge is 0.331 e. The predicted octanol–water partition coefficient (Wildman–Crippen LogP) is 2.86. The molecule has 0 bridgehead atoms. The maximum atomic E-state index is 10.7. The van der Waals surface area contributed by atoms with Crippen molar-refractivity contribution < 1.29 is 9.53 Å². The van der Waals surface area contributed by atoms with Crippen LogP contribution in [0.25, 0.3) is 0 Å². The monoisotopic (exact) mass is 190 g/mol. The van der Waals surface area contributed by atoms with E-state index in [-0.39, 0.29) is 5.97 Å². The number of carbonyl (C=O) groups excluding carboxylic acids is 1. The van der Waals surface area contributed by atoms with Crippen LogP contribution in [0.1, 0.15) is 32.6 Å². The summed E-state index contributed by atoms with van der Waals surface area (Å²) in [6.07, 6.45) is 5.43. The highest BCUT2D eigenvalue weighted by Crippen LogP contribution is 2.12. The third-order valence-corrected chi connectivity index (χ3v) is 1.79. The van der Waals surface area contributed by atoms with E-state index in [1.54, 1.807) is 0 Å². The number of carbonyl (C=O) groups is 1. The highest BCUT2D eigenvalue weighted by Gasteiger charge is 1.97. The Labute approximate surface area is 78.5 Å². The molecule has 0 aromatic rings. The van der Waals surface area contributed by atoms with Gasteiger partial charge in [-0.15, -0.1) is 0 Å². The van der Waals surface area contributed by atoms with Crippen LogP contribution >= 0.6 is 11.6 Å². The van der Waals surface area contributed by atoms with Crippen molar-refractivity contribution in [2.75, 3.05) is 7.11 Å². The number of hydrogen-bond acceptors (Lipinski definition) is 2. The maximum absolute atomic E-state index is 10.7. The molecule has 0 aliphatic heterocycles. The summed E-state index contributed by atoms with van der Waals surface area (Å²) >= 11 is 5.75. The van der Waals surface area contributed by atoms with Crippen LogP contribution in [0.2, 0.25) is 0 Å². The number of halogens is 1. The summed E-state index contributed by atoms with van der Waals surface area (Å²) in [5.74, 6) is -0.378. The molecule has 12 heavy (non-hydrogen) atoms. The average Bonchev–Trinajstić information content (AvgIpc) is 2.05. The van der Waals surface area contributed by atoms with Crippen LogP contribution in [-0.2, 0) is 9.53 Å². The lowest BCUT2D eigenvalue weighted by molar-refractivity contribution is -0.134. The number of esters is 1. The molecule has 0 atom stereocenters. The lowest BCUT2D eigenvalue weighted by Crippen LogP contribution is -1.95. The number of hydrogen-bond donors (Lipinski definition) is 0. The largest absolute Gasteiger partial charge is 0.466 e. The first kappa shape index (κ1) is 11.5. The Kier molecular flexibility index (Phi) is 6.87. The predicted molar refractivity (Wildman–Crippen MR) is 50.1 cm³/mol. The van der Waals surface area contributed by atoms with E-state index in [4.69, 9.17) is 11.6 Å². The maximum Gasteiger partial charge on any atom is 0.331 e. The van der Waals surface area contributed by atoms with E-state index < -0.39 is 0 Å². The molecule has 0 saturated carbocycles. The van der Waals surface area contributed by atoms with Gasteiger partial charge in [0.2, 0.25) is 0 Å². The van der Waals surface area contributed by atoms with E-state index in [1.807, 2.05) is 0 Å². The molecular weight excluding hydrogens is 176 g/mol. The molecule has 0 N–H and O–H groups in total. The fourth-order valence-corrected chi connectivity index (χ4v) is 1.03. The fraction of sp³-hybridized carbons (Fsp3) is 0.667. The average molecular weight is 191 g/mol. The van der Waals surface area contributed by atoms with Gasteiger partial charge in [0.15, 0.2) is 0 Å². The SMILES string of the molecule is CCCCC/C(Cl)=C/C(=O)OC. The molecule has 0 spiro atoms. The molecule has 2 nitrogen and oxygen atoms in total. The number of ether oxygens (including phenoxy) is 1. The molecule has 70 valence electrons. The van der Waals surface area contributed by atoms with E-state index >= 15 is 0 Å². The Morgan fingerprint density at radius 2 is 2.17 bits per heavy atom. The number of methoxy groups -OCH3 is 1. The van der Waals surface area contributed by atoms with Gasteiger partial charge in [-0.2, -0.15) is 0 Å². The van der Waals surface area contributed by atoms with Gasteiger partial charge in [-0.05, 0) is 12.8 Å². The molecule has 0 saturated heterocycles. The van der Waals surface area contributed by atoms with Crippen molar-refractivity contribution in [2.45, 2.75) is 32.6 Å². The Balaban J connectivity index is 3.62. The standard InChI is InChI=1S/C9H15ClO2/c1-3-4-5-6-8(10)7-9(11)12-2/h7H,3-6H2,1-2H3/b8-7-. The van der Waals surface area contributed by atoms with E-state index in [0.29, 0.717) is 5.03 Å². The minimum atomic E-state index is -0.378. The normalized spacial score (nSPS) is 11.4. The summed E-state index contributed by atoms with van der Waals surface area (Å²) in [5.41, 5.74) is 0. The topological polar surface area (TPSA) is 26.3 Å². The van der Waals surface area contributed by atoms with Crippen LogP contribution in [0, 0.1) is 0 Å². The molecule has 0 fully saturated rings. The van der Waals surface area contributed by atoms with Crippen LogP contribution in [-0.4, -0.2) is 13.1 Å². The highest BCUT2D eigenvalue weighted by atomic mass is 35.5. The Hall–Kier alpha value is -0.500. The van der Waals surface area contributed by atoms with Crippen molar-refractivity contribution >= 4 is 17.6 Å². The zero-order valence-electron chi connectivity index (χ0n) is 7.60. The van der Waals surface area contributed by atoms with E-state index in [2.05, 4.69) is 11.7 Å². The van der Waals surface area contributed by atoms with Crippen molar-refractivity contribution in [1.82, 2.24) is 0 Å². The minimum absolute atomic E-state index is 0.378. The van der Waals surface area contributed by atoms with Crippen molar-refractivity contribution in [3.05, 3.63) is 11.1 Å². The van der Waals surface area contributed by atoms with Crippen molar-refractivity contribution in [3.63, 3.8) is 0 Å². The first-order valence-corrected chi connectivity index (χ1v) is 4.52. The number of allylic oxidation sites excluding steroid dienone is 1. The first-order chi connectivity index (χ1) is 5.70. The second kappa shape index (κ2) is 7.17. The Morgan fingerprint density at radius 3 is 2.67 bits per heavy atom. The molecule has 0 rings (SSSR count). The minimum Gasteiger partial charge on any atom is -0.466 e. The molecule has 0 unspecified atom stereocenters. The zero-order chi connectivity index (χ0) is 9.40. The second-order valence-electron chi connectivity index (χ2n) is 2.57. The zero-order valence-corrected chi connectivity index (χ0v) is 8.36. The summed E-state index contributed by atoms with van der Waals surface area (Å²) in [4.78, 5) is 10.7. The van der Waals surface area contributed by atoms with Crippen molar-refractivity contribution in [2.24, 2.45) is 0 Å². The molecule has 3 heteroatoms. The summed E-state index contributed by atoms with van der Waals surface area (Å²) in [6.45, 7) is 2.12. The quantitative estimate of drug-likeness (QED) is 0.379. The molecule has 0 amide bonds. The number of rotatable bonds is 5. The van der Waals surface area contributed by atoms with Crippen LogP contribution < -0.4 is 0 Å². The van der Waals surface area contributed by atoms with Gasteiger partial charge in [-0.25, -0.2) is 4.79 Å². The van der Waals surface area contributed by atoms with E-state index in [1.165, 1.54) is 13.2 Å². The summed E-state index contributed by atoms with van der Waals surface area (Å²) in [7, 11) is 1.34.